The standard InChI is InChI=1S/C22H25F3N6O3/c1-5-34-20(32)18-12-27-31(19(18)22(23,24)25)16-8-6-15(7-9-16)28-21(33)26-11-10-17-13(2)29-30(4)14(17)3/h6-9,12H,5,10-11H2,1-4H3,(H2,26,28,33). The zero-order valence-electron chi connectivity index (χ0n) is 19.2. The Morgan fingerprint density at radius 1 is 1.15 bits per heavy atom. The van der Waals surface area contributed by atoms with Crippen molar-refractivity contribution in [3.63, 3.8) is 0 Å². The Hall–Kier alpha value is -3.83. The molecule has 0 saturated carbocycles. The fraction of sp³-hybridized carbons (Fsp3) is 0.364. The maximum Gasteiger partial charge on any atom is 0.434 e. The Bertz CT molecular complexity index is 1180. The van der Waals surface area contributed by atoms with Gasteiger partial charge in [-0.2, -0.15) is 23.4 Å². The highest BCUT2D eigenvalue weighted by molar-refractivity contribution is 5.91. The summed E-state index contributed by atoms with van der Waals surface area (Å²) in [6.45, 7) is 5.68. The predicted octanol–water partition coefficient (Wildman–Crippen LogP) is 3.78. The van der Waals surface area contributed by atoms with Crippen LogP contribution in [0.5, 0.6) is 0 Å². The van der Waals surface area contributed by atoms with Gasteiger partial charge in [0.25, 0.3) is 0 Å². The van der Waals surface area contributed by atoms with Crippen LogP contribution in [0.4, 0.5) is 23.7 Å². The van der Waals surface area contributed by atoms with Gasteiger partial charge in [-0.1, -0.05) is 0 Å². The Labute approximate surface area is 193 Å². The van der Waals surface area contributed by atoms with E-state index in [2.05, 4.69) is 20.8 Å². The molecule has 0 saturated heterocycles. The van der Waals surface area contributed by atoms with Gasteiger partial charge in [-0.05, 0) is 57.0 Å². The molecule has 2 N–H and O–H groups in total. The molecular weight excluding hydrogens is 453 g/mol. The SMILES string of the molecule is CCOC(=O)c1cnn(-c2ccc(NC(=O)NCCc3c(C)nn(C)c3C)cc2)c1C(F)(F)F. The number of ether oxygens (including phenoxy) is 1. The van der Waals surface area contributed by atoms with Crippen LogP contribution in [0.1, 0.15) is 39.9 Å². The van der Waals surface area contributed by atoms with Gasteiger partial charge in [0.05, 0.1) is 24.2 Å². The number of benzene rings is 1. The molecule has 0 unspecified atom stereocenters. The monoisotopic (exact) mass is 478 g/mol. The minimum Gasteiger partial charge on any atom is -0.462 e. The van der Waals surface area contributed by atoms with E-state index in [1.807, 2.05) is 20.9 Å². The molecule has 0 fully saturated rings. The normalized spacial score (nSPS) is 11.4. The molecule has 0 radical (unpaired) electrons. The van der Waals surface area contributed by atoms with E-state index in [1.54, 1.807) is 4.68 Å². The quantitative estimate of drug-likeness (QED) is 0.503. The first-order valence-electron chi connectivity index (χ1n) is 10.5. The summed E-state index contributed by atoms with van der Waals surface area (Å²) in [4.78, 5) is 24.1. The Morgan fingerprint density at radius 2 is 1.82 bits per heavy atom. The fourth-order valence-electron chi connectivity index (χ4n) is 3.52. The highest BCUT2D eigenvalue weighted by Crippen LogP contribution is 2.34. The van der Waals surface area contributed by atoms with Gasteiger partial charge >= 0.3 is 18.2 Å². The van der Waals surface area contributed by atoms with Crippen LogP contribution in [0.25, 0.3) is 5.69 Å². The van der Waals surface area contributed by atoms with Crippen molar-refractivity contribution >= 4 is 17.7 Å². The van der Waals surface area contributed by atoms with Crippen molar-refractivity contribution in [2.24, 2.45) is 7.05 Å². The fourth-order valence-corrected chi connectivity index (χ4v) is 3.52. The average Bonchev–Trinajstić information content (AvgIpc) is 3.31. The molecule has 12 heteroatoms. The van der Waals surface area contributed by atoms with Crippen LogP contribution in [0.3, 0.4) is 0 Å². The molecule has 0 atom stereocenters. The number of nitrogens with one attached hydrogen (secondary N) is 2. The summed E-state index contributed by atoms with van der Waals surface area (Å²) in [5, 5.41) is 13.4. The molecule has 0 aliphatic heterocycles. The lowest BCUT2D eigenvalue weighted by Gasteiger charge is -2.13. The van der Waals surface area contributed by atoms with Crippen molar-refractivity contribution in [2.45, 2.75) is 33.4 Å². The largest absolute Gasteiger partial charge is 0.462 e. The lowest BCUT2D eigenvalue weighted by Crippen LogP contribution is -2.30. The number of anilines is 1. The summed E-state index contributed by atoms with van der Waals surface area (Å²) in [5.41, 5.74) is 1.53. The van der Waals surface area contributed by atoms with E-state index in [1.165, 1.54) is 31.2 Å². The minimum absolute atomic E-state index is 0.0643. The summed E-state index contributed by atoms with van der Waals surface area (Å²) in [6.07, 6.45) is -3.40. The zero-order chi connectivity index (χ0) is 25.0. The molecule has 1 aromatic carbocycles. The van der Waals surface area contributed by atoms with Crippen molar-refractivity contribution in [3.05, 3.63) is 58.7 Å². The third-order valence-corrected chi connectivity index (χ3v) is 5.22. The average molecular weight is 478 g/mol. The second kappa shape index (κ2) is 9.98. The van der Waals surface area contributed by atoms with E-state index < -0.39 is 29.4 Å². The molecule has 34 heavy (non-hydrogen) atoms. The number of aromatic nitrogens is 4. The van der Waals surface area contributed by atoms with Crippen LogP contribution in [-0.4, -0.2) is 44.7 Å². The number of hydrogen-bond acceptors (Lipinski definition) is 5. The van der Waals surface area contributed by atoms with Gasteiger partial charge in [0.1, 0.15) is 5.56 Å². The molecule has 182 valence electrons. The smallest absolute Gasteiger partial charge is 0.434 e. The summed E-state index contributed by atoms with van der Waals surface area (Å²) in [5.74, 6) is -1.10. The number of nitrogens with zero attached hydrogens (tertiary/aromatic N) is 4. The van der Waals surface area contributed by atoms with Crippen LogP contribution in [0.2, 0.25) is 0 Å². The van der Waals surface area contributed by atoms with Gasteiger partial charge in [-0.15, -0.1) is 0 Å². The molecule has 0 aliphatic rings. The van der Waals surface area contributed by atoms with Gasteiger partial charge < -0.3 is 15.4 Å². The van der Waals surface area contributed by atoms with Crippen molar-refractivity contribution in [1.82, 2.24) is 24.9 Å². The van der Waals surface area contributed by atoms with Gasteiger partial charge in [0.15, 0.2) is 5.69 Å². The van der Waals surface area contributed by atoms with E-state index in [4.69, 9.17) is 4.74 Å². The Kier molecular flexibility index (Phi) is 7.28. The maximum atomic E-state index is 13.6. The summed E-state index contributed by atoms with van der Waals surface area (Å²) < 4.78 is 48.0. The van der Waals surface area contributed by atoms with E-state index in [0.29, 0.717) is 23.3 Å². The van der Waals surface area contributed by atoms with Crippen LogP contribution in [0, 0.1) is 13.8 Å². The van der Waals surface area contributed by atoms with Crippen molar-refractivity contribution < 1.29 is 27.5 Å². The number of carbonyl (C=O) groups excluding carboxylic acids is 2. The molecule has 0 aliphatic carbocycles. The first-order valence-corrected chi connectivity index (χ1v) is 10.5. The number of amides is 2. The molecule has 2 aromatic heterocycles. The molecule has 9 nitrogen and oxygen atoms in total. The zero-order valence-corrected chi connectivity index (χ0v) is 19.2. The number of aryl methyl sites for hydroxylation is 2. The number of urea groups is 1. The summed E-state index contributed by atoms with van der Waals surface area (Å²) in [7, 11) is 1.86. The van der Waals surface area contributed by atoms with Crippen LogP contribution in [0.15, 0.2) is 30.5 Å². The first kappa shape index (κ1) is 24.8. The number of alkyl halides is 3. The maximum absolute atomic E-state index is 13.6. The highest BCUT2D eigenvalue weighted by atomic mass is 19.4. The molecule has 2 heterocycles. The summed E-state index contributed by atoms with van der Waals surface area (Å²) in [6, 6.07) is 5.14. The highest BCUT2D eigenvalue weighted by Gasteiger charge is 2.41. The third-order valence-electron chi connectivity index (χ3n) is 5.22. The number of esters is 1. The molecule has 2 amide bonds. The lowest BCUT2D eigenvalue weighted by atomic mass is 10.1. The molecule has 0 bridgehead atoms. The second-order valence-electron chi connectivity index (χ2n) is 7.49. The van der Waals surface area contributed by atoms with Gasteiger partial charge in [-0.3, -0.25) is 4.68 Å². The van der Waals surface area contributed by atoms with Gasteiger partial charge in [0.2, 0.25) is 0 Å². The second-order valence-corrected chi connectivity index (χ2v) is 7.49. The lowest BCUT2D eigenvalue weighted by molar-refractivity contribution is -0.143. The van der Waals surface area contributed by atoms with Crippen molar-refractivity contribution in [1.29, 1.82) is 0 Å². The third kappa shape index (κ3) is 5.38. The van der Waals surface area contributed by atoms with E-state index >= 15 is 0 Å². The topological polar surface area (TPSA) is 103 Å². The van der Waals surface area contributed by atoms with Crippen LogP contribution >= 0.6 is 0 Å². The molecule has 3 aromatic rings. The molecular formula is C22H25F3N6O3. The van der Waals surface area contributed by atoms with Crippen LogP contribution < -0.4 is 10.6 Å². The van der Waals surface area contributed by atoms with Gasteiger partial charge in [-0.25, -0.2) is 14.3 Å². The number of hydrogen-bond donors (Lipinski definition) is 2. The van der Waals surface area contributed by atoms with E-state index in [0.717, 1.165) is 23.1 Å². The van der Waals surface area contributed by atoms with Crippen molar-refractivity contribution in [3.8, 4) is 5.69 Å². The Morgan fingerprint density at radius 3 is 2.38 bits per heavy atom. The van der Waals surface area contributed by atoms with E-state index in [9.17, 15) is 22.8 Å². The summed E-state index contributed by atoms with van der Waals surface area (Å²) >= 11 is 0. The Balaban J connectivity index is 1.67. The van der Waals surface area contributed by atoms with E-state index in [-0.39, 0.29) is 12.3 Å². The number of rotatable bonds is 7. The van der Waals surface area contributed by atoms with Crippen molar-refractivity contribution in [2.75, 3.05) is 18.5 Å². The molecule has 3 rings (SSSR count). The predicted molar refractivity (Wildman–Crippen MR) is 118 cm³/mol. The first-order chi connectivity index (χ1) is 16.0. The van der Waals surface area contributed by atoms with Crippen LogP contribution in [-0.2, 0) is 24.4 Å². The van der Waals surface area contributed by atoms with Gasteiger partial charge in [0, 0.05) is 25.0 Å². The number of halogens is 3. The molecule has 0 spiro atoms. The number of carbonyl (C=O) groups is 2. The minimum atomic E-state index is -4.83.